The second-order valence-electron chi connectivity index (χ2n) is 3.11. The first-order valence-corrected chi connectivity index (χ1v) is 3.81. The van der Waals surface area contributed by atoms with Crippen molar-refractivity contribution in [2.45, 2.75) is 26.4 Å². The van der Waals surface area contributed by atoms with E-state index in [0.29, 0.717) is 18.3 Å². The Morgan fingerprint density at radius 3 is 2.70 bits per heavy atom. The molecule has 0 aromatic rings. The lowest BCUT2D eigenvalue weighted by atomic mass is 9.93. The van der Waals surface area contributed by atoms with E-state index in [1.165, 1.54) is 0 Å². The van der Waals surface area contributed by atoms with Gasteiger partial charge in [0.05, 0.1) is 6.10 Å². The normalized spacial score (nSPS) is 40.0. The predicted molar refractivity (Wildman–Crippen MR) is 38.7 cm³/mol. The molecule has 1 saturated heterocycles. The Hall–Kier alpha value is -0.370. The van der Waals surface area contributed by atoms with Crippen LogP contribution in [-0.4, -0.2) is 19.0 Å². The molecule has 1 aliphatic rings. The fourth-order valence-corrected chi connectivity index (χ4v) is 1.32. The molecular weight excluding hydrogens is 128 g/mol. The van der Waals surface area contributed by atoms with Gasteiger partial charge in [0.15, 0.2) is 0 Å². The molecule has 0 radical (unpaired) electrons. The van der Waals surface area contributed by atoms with Gasteiger partial charge in [-0.25, -0.2) is 0 Å². The topological polar surface area (TPSA) is 26.3 Å². The Balaban J connectivity index is 2.40. The predicted octanol–water partition coefficient (Wildman–Crippen LogP) is 1.25. The first kappa shape index (κ1) is 7.73. The third kappa shape index (κ3) is 1.37. The van der Waals surface area contributed by atoms with Gasteiger partial charge in [-0.1, -0.05) is 13.8 Å². The maximum Gasteiger partial charge on any atom is 0.122 e. The SMILES string of the molecule is CC1COC(CC=O)C1C. The van der Waals surface area contributed by atoms with Crippen LogP contribution in [0, 0.1) is 11.8 Å². The van der Waals surface area contributed by atoms with Gasteiger partial charge < -0.3 is 9.53 Å². The average Bonchev–Trinajstić information content (AvgIpc) is 2.20. The number of hydrogen-bond donors (Lipinski definition) is 0. The zero-order valence-electron chi connectivity index (χ0n) is 6.54. The van der Waals surface area contributed by atoms with Gasteiger partial charge in [0.1, 0.15) is 6.29 Å². The molecule has 10 heavy (non-hydrogen) atoms. The van der Waals surface area contributed by atoms with Crippen molar-refractivity contribution in [3.8, 4) is 0 Å². The smallest absolute Gasteiger partial charge is 0.122 e. The highest BCUT2D eigenvalue weighted by molar-refractivity contribution is 5.50. The van der Waals surface area contributed by atoms with Crippen LogP contribution in [0.1, 0.15) is 20.3 Å². The monoisotopic (exact) mass is 142 g/mol. The van der Waals surface area contributed by atoms with E-state index in [-0.39, 0.29) is 6.10 Å². The molecule has 0 aliphatic carbocycles. The van der Waals surface area contributed by atoms with Crippen molar-refractivity contribution in [1.82, 2.24) is 0 Å². The zero-order chi connectivity index (χ0) is 7.56. The highest BCUT2D eigenvalue weighted by Gasteiger charge is 2.29. The molecule has 3 unspecified atom stereocenters. The number of carbonyl (C=O) groups excluding carboxylic acids is 1. The molecule has 0 aromatic heterocycles. The lowest BCUT2D eigenvalue weighted by molar-refractivity contribution is -0.110. The third-order valence-corrected chi connectivity index (χ3v) is 2.39. The van der Waals surface area contributed by atoms with E-state index in [4.69, 9.17) is 4.74 Å². The first-order valence-electron chi connectivity index (χ1n) is 3.81. The summed E-state index contributed by atoms with van der Waals surface area (Å²) in [5, 5.41) is 0. The van der Waals surface area contributed by atoms with Crippen LogP contribution in [0.25, 0.3) is 0 Å². The molecule has 1 rings (SSSR count). The fraction of sp³-hybridized carbons (Fsp3) is 0.875. The summed E-state index contributed by atoms with van der Waals surface area (Å²) in [7, 11) is 0. The van der Waals surface area contributed by atoms with E-state index < -0.39 is 0 Å². The molecule has 0 spiro atoms. The quantitative estimate of drug-likeness (QED) is 0.542. The van der Waals surface area contributed by atoms with E-state index in [0.717, 1.165) is 12.9 Å². The number of aldehydes is 1. The molecule has 1 heterocycles. The van der Waals surface area contributed by atoms with Crippen LogP contribution < -0.4 is 0 Å². The van der Waals surface area contributed by atoms with Crippen molar-refractivity contribution >= 4 is 6.29 Å². The molecule has 2 heteroatoms. The molecule has 58 valence electrons. The number of rotatable bonds is 2. The minimum Gasteiger partial charge on any atom is -0.377 e. The van der Waals surface area contributed by atoms with Crippen LogP contribution >= 0.6 is 0 Å². The van der Waals surface area contributed by atoms with Gasteiger partial charge in [-0.05, 0) is 11.8 Å². The van der Waals surface area contributed by atoms with Crippen LogP contribution in [0.5, 0.6) is 0 Å². The maximum atomic E-state index is 10.1. The highest BCUT2D eigenvalue weighted by Crippen LogP contribution is 2.27. The van der Waals surface area contributed by atoms with Gasteiger partial charge in [-0.15, -0.1) is 0 Å². The van der Waals surface area contributed by atoms with Gasteiger partial charge in [0.2, 0.25) is 0 Å². The Bertz CT molecular complexity index is 122. The summed E-state index contributed by atoms with van der Waals surface area (Å²) >= 11 is 0. The Labute approximate surface area is 61.6 Å². The van der Waals surface area contributed by atoms with Gasteiger partial charge in [0, 0.05) is 13.0 Å². The standard InChI is InChI=1S/C8H14O2/c1-6-5-10-8(3-4-9)7(6)2/h4,6-8H,3,5H2,1-2H3. The third-order valence-electron chi connectivity index (χ3n) is 2.39. The number of carbonyl (C=O) groups is 1. The number of hydrogen-bond acceptors (Lipinski definition) is 2. The van der Waals surface area contributed by atoms with E-state index >= 15 is 0 Å². The molecule has 0 amide bonds. The van der Waals surface area contributed by atoms with Crippen LogP contribution in [-0.2, 0) is 9.53 Å². The lowest BCUT2D eigenvalue weighted by Gasteiger charge is -2.12. The van der Waals surface area contributed by atoms with Crippen molar-refractivity contribution in [1.29, 1.82) is 0 Å². The van der Waals surface area contributed by atoms with Crippen LogP contribution in [0.15, 0.2) is 0 Å². The lowest BCUT2D eigenvalue weighted by Crippen LogP contribution is -2.15. The first-order chi connectivity index (χ1) is 4.75. The molecule has 2 nitrogen and oxygen atoms in total. The second-order valence-corrected chi connectivity index (χ2v) is 3.11. The average molecular weight is 142 g/mol. The molecule has 0 aromatic carbocycles. The highest BCUT2D eigenvalue weighted by atomic mass is 16.5. The van der Waals surface area contributed by atoms with Crippen molar-refractivity contribution in [3.05, 3.63) is 0 Å². The van der Waals surface area contributed by atoms with E-state index in [1.807, 2.05) is 0 Å². The Morgan fingerprint density at radius 1 is 1.60 bits per heavy atom. The van der Waals surface area contributed by atoms with Gasteiger partial charge >= 0.3 is 0 Å². The summed E-state index contributed by atoms with van der Waals surface area (Å²) in [5.41, 5.74) is 0. The van der Waals surface area contributed by atoms with E-state index in [1.54, 1.807) is 0 Å². The summed E-state index contributed by atoms with van der Waals surface area (Å²) in [6.07, 6.45) is 1.69. The molecule has 3 atom stereocenters. The summed E-state index contributed by atoms with van der Waals surface area (Å²) < 4.78 is 5.39. The largest absolute Gasteiger partial charge is 0.377 e. The minimum absolute atomic E-state index is 0.187. The zero-order valence-corrected chi connectivity index (χ0v) is 6.54. The molecular formula is C8H14O2. The van der Waals surface area contributed by atoms with Crippen molar-refractivity contribution in [2.75, 3.05) is 6.61 Å². The summed E-state index contributed by atoms with van der Waals surface area (Å²) in [4.78, 5) is 10.1. The molecule has 1 aliphatic heterocycles. The Morgan fingerprint density at radius 2 is 2.30 bits per heavy atom. The van der Waals surface area contributed by atoms with Gasteiger partial charge in [0.25, 0.3) is 0 Å². The van der Waals surface area contributed by atoms with Crippen LogP contribution in [0.2, 0.25) is 0 Å². The van der Waals surface area contributed by atoms with Crippen LogP contribution in [0.4, 0.5) is 0 Å². The van der Waals surface area contributed by atoms with Gasteiger partial charge in [-0.2, -0.15) is 0 Å². The van der Waals surface area contributed by atoms with Crippen molar-refractivity contribution in [2.24, 2.45) is 11.8 Å². The van der Waals surface area contributed by atoms with Crippen molar-refractivity contribution < 1.29 is 9.53 Å². The Kier molecular flexibility index (Phi) is 2.44. The molecule has 1 fully saturated rings. The molecule has 0 saturated carbocycles. The summed E-state index contributed by atoms with van der Waals surface area (Å²) in [5.74, 6) is 1.16. The van der Waals surface area contributed by atoms with Crippen LogP contribution in [0.3, 0.4) is 0 Å². The summed E-state index contributed by atoms with van der Waals surface area (Å²) in [6, 6.07) is 0. The second kappa shape index (κ2) is 3.15. The van der Waals surface area contributed by atoms with E-state index in [9.17, 15) is 4.79 Å². The maximum absolute atomic E-state index is 10.1. The molecule has 0 bridgehead atoms. The van der Waals surface area contributed by atoms with E-state index in [2.05, 4.69) is 13.8 Å². The molecule has 0 N–H and O–H groups in total. The fourth-order valence-electron chi connectivity index (χ4n) is 1.32. The van der Waals surface area contributed by atoms with Gasteiger partial charge in [-0.3, -0.25) is 0 Å². The van der Waals surface area contributed by atoms with Crippen molar-refractivity contribution in [3.63, 3.8) is 0 Å². The summed E-state index contributed by atoms with van der Waals surface area (Å²) in [6.45, 7) is 5.13. The minimum atomic E-state index is 0.187. The number of ether oxygens (including phenoxy) is 1.